The van der Waals surface area contributed by atoms with Crippen molar-refractivity contribution in [2.24, 2.45) is 17.3 Å². The maximum absolute atomic E-state index is 3.70. The first kappa shape index (κ1) is 16.3. The summed E-state index contributed by atoms with van der Waals surface area (Å²) in [5, 5.41) is 3.70. The van der Waals surface area contributed by atoms with Gasteiger partial charge in [-0.2, -0.15) is 0 Å². The maximum atomic E-state index is 3.70. The lowest BCUT2D eigenvalue weighted by molar-refractivity contribution is 0.337. The van der Waals surface area contributed by atoms with Crippen molar-refractivity contribution in [3.05, 3.63) is 0 Å². The van der Waals surface area contributed by atoms with Gasteiger partial charge >= 0.3 is 0 Å². The van der Waals surface area contributed by atoms with E-state index in [9.17, 15) is 0 Å². The Kier molecular flexibility index (Phi) is 6.87. The SMILES string of the molecule is CC(C)CNCC1CC12CCCCCCCCCCC2. The second-order valence-electron chi connectivity index (χ2n) is 8.00. The summed E-state index contributed by atoms with van der Waals surface area (Å²) in [6.07, 6.45) is 18.0. The van der Waals surface area contributed by atoms with Crippen molar-refractivity contribution in [3.63, 3.8) is 0 Å². The molecule has 2 rings (SSSR count). The first-order chi connectivity index (χ1) is 9.73. The zero-order chi connectivity index (χ0) is 14.3. The Bertz CT molecular complexity index is 246. The molecule has 20 heavy (non-hydrogen) atoms. The molecule has 2 fully saturated rings. The first-order valence-corrected chi connectivity index (χ1v) is 9.44. The van der Waals surface area contributed by atoms with Gasteiger partial charge in [0.05, 0.1) is 0 Å². The van der Waals surface area contributed by atoms with Crippen molar-refractivity contribution in [2.75, 3.05) is 13.1 Å². The summed E-state index contributed by atoms with van der Waals surface area (Å²) in [6.45, 7) is 7.11. The molecule has 1 atom stereocenters. The summed E-state index contributed by atoms with van der Waals surface area (Å²) < 4.78 is 0. The zero-order valence-corrected chi connectivity index (χ0v) is 14.1. The normalized spacial score (nSPS) is 28.1. The van der Waals surface area contributed by atoms with Crippen LogP contribution in [-0.2, 0) is 0 Å². The molecule has 1 heteroatoms. The maximum Gasteiger partial charge on any atom is -0.00149 e. The minimum Gasteiger partial charge on any atom is -0.316 e. The average Bonchev–Trinajstić information content (AvgIpc) is 3.07. The van der Waals surface area contributed by atoms with Gasteiger partial charge in [0, 0.05) is 0 Å². The molecular weight excluding hydrogens is 242 g/mol. The molecule has 0 aromatic rings. The monoisotopic (exact) mass is 279 g/mol. The summed E-state index contributed by atoms with van der Waals surface area (Å²) >= 11 is 0. The number of hydrogen-bond donors (Lipinski definition) is 1. The van der Waals surface area contributed by atoms with E-state index in [4.69, 9.17) is 0 Å². The quantitative estimate of drug-likeness (QED) is 0.712. The molecule has 0 aliphatic heterocycles. The highest BCUT2D eigenvalue weighted by atomic mass is 14.9. The molecule has 2 aliphatic rings. The van der Waals surface area contributed by atoms with Crippen LogP contribution in [0.15, 0.2) is 0 Å². The molecule has 0 bridgehead atoms. The Morgan fingerprint density at radius 2 is 1.35 bits per heavy atom. The van der Waals surface area contributed by atoms with Crippen LogP contribution in [0.3, 0.4) is 0 Å². The molecule has 0 saturated heterocycles. The third-order valence-corrected chi connectivity index (χ3v) is 5.65. The standard InChI is InChI=1S/C19H37N/c1-17(2)15-20-16-18-14-19(18)12-10-8-6-4-3-5-7-9-11-13-19/h17-18,20H,3-16H2,1-2H3. The molecular formula is C19H37N. The lowest BCUT2D eigenvalue weighted by atomic mass is 9.88. The van der Waals surface area contributed by atoms with Crippen molar-refractivity contribution in [3.8, 4) is 0 Å². The van der Waals surface area contributed by atoms with Crippen LogP contribution in [0.25, 0.3) is 0 Å². The van der Waals surface area contributed by atoms with Gasteiger partial charge in [-0.3, -0.25) is 0 Å². The minimum atomic E-state index is 0.767. The van der Waals surface area contributed by atoms with Crippen molar-refractivity contribution in [1.82, 2.24) is 5.32 Å². The molecule has 0 aromatic heterocycles. The Morgan fingerprint density at radius 3 is 1.85 bits per heavy atom. The van der Waals surface area contributed by atoms with E-state index in [1.807, 2.05) is 0 Å². The highest BCUT2D eigenvalue weighted by molar-refractivity contribution is 5.02. The molecule has 1 N–H and O–H groups in total. The predicted molar refractivity (Wildman–Crippen MR) is 89.0 cm³/mol. The second kappa shape index (κ2) is 8.41. The van der Waals surface area contributed by atoms with Crippen LogP contribution in [0.4, 0.5) is 0 Å². The molecule has 0 heterocycles. The molecule has 0 radical (unpaired) electrons. The van der Waals surface area contributed by atoms with Crippen LogP contribution in [-0.4, -0.2) is 13.1 Å². The summed E-state index contributed by atoms with van der Waals surface area (Å²) in [5.74, 6) is 1.80. The summed E-state index contributed by atoms with van der Waals surface area (Å²) in [4.78, 5) is 0. The van der Waals surface area contributed by atoms with Gasteiger partial charge in [-0.05, 0) is 49.6 Å². The minimum absolute atomic E-state index is 0.767. The van der Waals surface area contributed by atoms with E-state index < -0.39 is 0 Å². The Balaban J connectivity index is 1.72. The van der Waals surface area contributed by atoms with E-state index in [0.29, 0.717) is 0 Å². The molecule has 2 saturated carbocycles. The molecule has 1 unspecified atom stereocenters. The highest BCUT2D eigenvalue weighted by Gasteiger charge is 2.51. The van der Waals surface area contributed by atoms with Crippen LogP contribution in [0, 0.1) is 17.3 Å². The number of rotatable bonds is 4. The van der Waals surface area contributed by atoms with Gasteiger partial charge in [-0.15, -0.1) is 0 Å². The van der Waals surface area contributed by atoms with Gasteiger partial charge in [-0.25, -0.2) is 0 Å². The zero-order valence-electron chi connectivity index (χ0n) is 14.1. The van der Waals surface area contributed by atoms with E-state index >= 15 is 0 Å². The van der Waals surface area contributed by atoms with E-state index in [-0.39, 0.29) is 0 Å². The average molecular weight is 280 g/mol. The third kappa shape index (κ3) is 5.39. The largest absolute Gasteiger partial charge is 0.316 e. The van der Waals surface area contributed by atoms with Crippen LogP contribution in [0.2, 0.25) is 0 Å². The molecule has 0 aromatic carbocycles. The van der Waals surface area contributed by atoms with Gasteiger partial charge in [0.15, 0.2) is 0 Å². The summed E-state index contributed by atoms with van der Waals surface area (Å²) in [7, 11) is 0. The molecule has 0 amide bonds. The van der Waals surface area contributed by atoms with E-state index in [1.165, 1.54) is 90.1 Å². The van der Waals surface area contributed by atoms with Gasteiger partial charge in [0.25, 0.3) is 0 Å². The van der Waals surface area contributed by atoms with Crippen LogP contribution in [0.5, 0.6) is 0 Å². The van der Waals surface area contributed by atoms with Gasteiger partial charge < -0.3 is 5.32 Å². The summed E-state index contributed by atoms with van der Waals surface area (Å²) in [5.41, 5.74) is 0.767. The topological polar surface area (TPSA) is 12.0 Å². The fourth-order valence-electron chi connectivity index (χ4n) is 4.20. The number of hydrogen-bond acceptors (Lipinski definition) is 1. The third-order valence-electron chi connectivity index (χ3n) is 5.65. The molecule has 2 aliphatic carbocycles. The highest BCUT2D eigenvalue weighted by Crippen LogP contribution is 2.59. The van der Waals surface area contributed by atoms with Crippen molar-refractivity contribution in [2.45, 2.75) is 90.9 Å². The predicted octanol–water partition coefficient (Wildman–Crippen LogP) is 5.54. The Morgan fingerprint density at radius 1 is 0.850 bits per heavy atom. The van der Waals surface area contributed by atoms with Gasteiger partial charge in [0.2, 0.25) is 0 Å². The first-order valence-electron chi connectivity index (χ1n) is 9.44. The van der Waals surface area contributed by atoms with Gasteiger partial charge in [-0.1, -0.05) is 71.6 Å². The van der Waals surface area contributed by atoms with E-state index in [1.54, 1.807) is 0 Å². The summed E-state index contributed by atoms with van der Waals surface area (Å²) in [6, 6.07) is 0. The van der Waals surface area contributed by atoms with Crippen molar-refractivity contribution >= 4 is 0 Å². The van der Waals surface area contributed by atoms with E-state index in [2.05, 4.69) is 19.2 Å². The molecule has 1 spiro atoms. The van der Waals surface area contributed by atoms with Crippen molar-refractivity contribution in [1.29, 1.82) is 0 Å². The van der Waals surface area contributed by atoms with Crippen LogP contribution < -0.4 is 5.32 Å². The number of nitrogens with one attached hydrogen (secondary N) is 1. The lowest BCUT2D eigenvalue weighted by Gasteiger charge is -2.19. The fourth-order valence-corrected chi connectivity index (χ4v) is 4.20. The van der Waals surface area contributed by atoms with Crippen LogP contribution >= 0.6 is 0 Å². The van der Waals surface area contributed by atoms with Gasteiger partial charge in [0.1, 0.15) is 0 Å². The molecule has 118 valence electrons. The van der Waals surface area contributed by atoms with E-state index in [0.717, 1.165) is 17.3 Å². The Hall–Kier alpha value is -0.0400. The van der Waals surface area contributed by atoms with Crippen LogP contribution in [0.1, 0.15) is 90.9 Å². The Labute approximate surface area is 127 Å². The lowest BCUT2D eigenvalue weighted by Crippen LogP contribution is -2.24. The van der Waals surface area contributed by atoms with Crippen molar-refractivity contribution < 1.29 is 0 Å². The fraction of sp³-hybridized carbons (Fsp3) is 1.00. The second-order valence-corrected chi connectivity index (χ2v) is 8.00. The smallest absolute Gasteiger partial charge is 0.00149 e. The molecule has 1 nitrogen and oxygen atoms in total.